The highest BCUT2D eigenvalue weighted by molar-refractivity contribution is 6.26. The van der Waals surface area contributed by atoms with Gasteiger partial charge in [-0.25, -0.2) is 9.78 Å². The number of ether oxygens (including phenoxy) is 1. The molecule has 7 heteroatoms. The lowest BCUT2D eigenvalue weighted by Crippen LogP contribution is -2.34. The lowest BCUT2D eigenvalue weighted by atomic mass is 10.00. The number of H-pyrrole nitrogens is 1. The first-order chi connectivity index (χ1) is 12.5. The number of likely N-dealkylation sites (tertiary alicyclic amines) is 1. The second-order valence-electron chi connectivity index (χ2n) is 6.76. The maximum Gasteiger partial charge on any atom is 0.345 e. The normalized spacial score (nSPS) is 22.3. The molecule has 1 unspecified atom stereocenters. The van der Waals surface area contributed by atoms with E-state index in [0.29, 0.717) is 24.7 Å². The number of fused-ring (bicyclic) bond motifs is 1. The fraction of sp³-hybridized carbons (Fsp3) is 0.316. The van der Waals surface area contributed by atoms with Crippen molar-refractivity contribution in [2.45, 2.75) is 19.8 Å². The summed E-state index contributed by atoms with van der Waals surface area (Å²) in [5.74, 6) is -1.23. The Labute approximate surface area is 150 Å². The van der Waals surface area contributed by atoms with E-state index in [0.717, 1.165) is 23.8 Å². The third-order valence-electron chi connectivity index (χ3n) is 4.80. The average Bonchev–Trinajstić information content (AvgIpc) is 3.17. The number of rotatable bonds is 3. The summed E-state index contributed by atoms with van der Waals surface area (Å²) in [7, 11) is 0. The van der Waals surface area contributed by atoms with Crippen molar-refractivity contribution in [1.82, 2.24) is 14.9 Å². The summed E-state index contributed by atoms with van der Waals surface area (Å²) in [5.41, 5.74) is 1.14. The first-order valence-corrected chi connectivity index (χ1v) is 8.63. The van der Waals surface area contributed by atoms with E-state index in [2.05, 4.69) is 16.9 Å². The van der Waals surface area contributed by atoms with Gasteiger partial charge >= 0.3 is 5.97 Å². The molecule has 2 aliphatic rings. The van der Waals surface area contributed by atoms with Crippen LogP contribution in [-0.4, -0.2) is 44.8 Å². The zero-order chi connectivity index (χ0) is 18.3. The van der Waals surface area contributed by atoms with Crippen LogP contribution in [0.25, 0.3) is 17.1 Å². The number of aliphatic carboxylic acids is 1. The molecule has 1 atom stereocenters. The molecule has 1 fully saturated rings. The van der Waals surface area contributed by atoms with Gasteiger partial charge in [0.1, 0.15) is 5.65 Å². The largest absolute Gasteiger partial charge is 0.477 e. The number of ketones is 1. The van der Waals surface area contributed by atoms with Crippen molar-refractivity contribution in [1.29, 1.82) is 0 Å². The zero-order valence-electron chi connectivity index (χ0n) is 14.4. The summed E-state index contributed by atoms with van der Waals surface area (Å²) in [5, 5.41) is 10.4. The number of carbonyl (C=O) groups is 2. The van der Waals surface area contributed by atoms with Crippen LogP contribution in [0.4, 0.5) is 0 Å². The summed E-state index contributed by atoms with van der Waals surface area (Å²) in [6.07, 6.45) is 7.01. The number of aromatic amines is 1. The van der Waals surface area contributed by atoms with Gasteiger partial charge in [0.25, 0.3) is 0 Å². The van der Waals surface area contributed by atoms with Crippen LogP contribution >= 0.6 is 0 Å². The molecule has 26 heavy (non-hydrogen) atoms. The maximum absolute atomic E-state index is 12.7. The topological polar surface area (TPSA) is 95.5 Å². The van der Waals surface area contributed by atoms with Crippen molar-refractivity contribution in [2.75, 3.05) is 13.1 Å². The smallest absolute Gasteiger partial charge is 0.345 e. The summed E-state index contributed by atoms with van der Waals surface area (Å²) in [6.45, 7) is 3.48. The van der Waals surface area contributed by atoms with Crippen molar-refractivity contribution in [2.24, 2.45) is 5.92 Å². The van der Waals surface area contributed by atoms with Gasteiger partial charge in [0.15, 0.2) is 11.3 Å². The van der Waals surface area contributed by atoms with E-state index >= 15 is 0 Å². The highest BCUT2D eigenvalue weighted by Gasteiger charge is 2.39. The maximum atomic E-state index is 12.7. The molecule has 2 aliphatic heterocycles. The van der Waals surface area contributed by atoms with Crippen LogP contribution < -0.4 is 0 Å². The van der Waals surface area contributed by atoms with E-state index in [1.165, 1.54) is 0 Å². The fourth-order valence-corrected chi connectivity index (χ4v) is 3.54. The first kappa shape index (κ1) is 16.4. The molecule has 2 aromatic rings. The van der Waals surface area contributed by atoms with Gasteiger partial charge in [-0.3, -0.25) is 4.79 Å². The number of nitrogens with zero attached hydrogens (tertiary/aromatic N) is 2. The molecule has 0 bridgehead atoms. The molecule has 0 aliphatic carbocycles. The molecule has 0 saturated carbocycles. The second kappa shape index (κ2) is 6.33. The van der Waals surface area contributed by atoms with E-state index in [4.69, 9.17) is 4.74 Å². The van der Waals surface area contributed by atoms with Crippen LogP contribution in [0.1, 0.15) is 25.3 Å². The quantitative estimate of drug-likeness (QED) is 0.650. The molecule has 1 saturated heterocycles. The lowest BCUT2D eigenvalue weighted by molar-refractivity contribution is -0.134. The highest BCUT2D eigenvalue weighted by Crippen LogP contribution is 2.32. The number of hydrogen-bond donors (Lipinski definition) is 2. The first-order valence-electron chi connectivity index (χ1n) is 8.63. The van der Waals surface area contributed by atoms with E-state index < -0.39 is 11.8 Å². The number of carboxylic acids is 1. The number of Topliss-reactive ketones (excluding diaryl/α,β-unsaturated/α-hetero) is 1. The minimum atomic E-state index is -1.26. The molecule has 2 N–H and O–H groups in total. The van der Waals surface area contributed by atoms with Gasteiger partial charge < -0.3 is 19.7 Å². The predicted molar refractivity (Wildman–Crippen MR) is 94.8 cm³/mol. The zero-order valence-corrected chi connectivity index (χ0v) is 14.4. The van der Waals surface area contributed by atoms with Gasteiger partial charge in [0.2, 0.25) is 11.7 Å². The van der Waals surface area contributed by atoms with Crippen LogP contribution in [0.2, 0.25) is 0 Å². The standard InChI is InChI=1S/C19H19N3O4/c1-11-4-3-7-22(10-11)18-15(19(24)25)16(23)14(26-18)8-12-9-21-17-13(12)5-2-6-20-17/h2,5-6,8-9,11H,3-4,7,10H2,1H3,(H,20,21)(H,24,25). The van der Waals surface area contributed by atoms with Crippen LogP contribution in [0, 0.1) is 5.92 Å². The number of pyridine rings is 1. The highest BCUT2D eigenvalue weighted by atomic mass is 16.5. The Kier molecular flexibility index (Phi) is 3.99. The average molecular weight is 353 g/mol. The predicted octanol–water partition coefficient (Wildman–Crippen LogP) is 2.53. The Hall–Kier alpha value is -3.09. The second-order valence-corrected chi connectivity index (χ2v) is 6.76. The van der Waals surface area contributed by atoms with E-state index in [9.17, 15) is 14.7 Å². The van der Waals surface area contributed by atoms with E-state index in [-0.39, 0.29) is 17.2 Å². The Balaban J connectivity index is 1.70. The molecule has 4 heterocycles. The van der Waals surface area contributed by atoms with E-state index in [1.807, 2.05) is 11.0 Å². The van der Waals surface area contributed by atoms with Crippen LogP contribution in [0.3, 0.4) is 0 Å². The SMILES string of the molecule is CC1CCCN(C2=C(C(=O)O)C(=O)C(=Cc3c[nH]c4ncccc34)O2)C1. The van der Waals surface area contributed by atoms with Crippen molar-refractivity contribution in [3.05, 3.63) is 47.3 Å². The van der Waals surface area contributed by atoms with Gasteiger partial charge in [-0.15, -0.1) is 0 Å². The monoisotopic (exact) mass is 353 g/mol. The molecule has 4 rings (SSSR count). The number of carboxylic acid groups (broad SMARTS) is 1. The minimum absolute atomic E-state index is 0.0281. The van der Waals surface area contributed by atoms with Crippen LogP contribution in [-0.2, 0) is 14.3 Å². The van der Waals surface area contributed by atoms with Gasteiger partial charge in [0.05, 0.1) is 0 Å². The summed E-state index contributed by atoms with van der Waals surface area (Å²) >= 11 is 0. The van der Waals surface area contributed by atoms with Crippen molar-refractivity contribution in [3.63, 3.8) is 0 Å². The number of carbonyl (C=O) groups excluding carboxylic acids is 1. The van der Waals surface area contributed by atoms with Crippen molar-refractivity contribution < 1.29 is 19.4 Å². The number of allylic oxidation sites excluding steroid dienone is 1. The number of piperidine rings is 1. The Morgan fingerprint density at radius 3 is 3.12 bits per heavy atom. The number of hydrogen-bond acceptors (Lipinski definition) is 5. The Bertz CT molecular complexity index is 957. The van der Waals surface area contributed by atoms with Crippen molar-refractivity contribution in [3.8, 4) is 0 Å². The third-order valence-corrected chi connectivity index (χ3v) is 4.80. The van der Waals surface area contributed by atoms with Gasteiger partial charge in [-0.1, -0.05) is 6.92 Å². The molecular weight excluding hydrogens is 334 g/mol. The molecule has 0 aromatic carbocycles. The van der Waals surface area contributed by atoms with Gasteiger partial charge in [-0.2, -0.15) is 0 Å². The molecule has 0 spiro atoms. The molecule has 2 aromatic heterocycles. The van der Waals surface area contributed by atoms with E-state index in [1.54, 1.807) is 24.5 Å². The molecule has 0 amide bonds. The van der Waals surface area contributed by atoms with Crippen molar-refractivity contribution >= 4 is 28.9 Å². The summed E-state index contributed by atoms with van der Waals surface area (Å²) in [4.78, 5) is 33.4. The minimum Gasteiger partial charge on any atom is -0.477 e. The lowest BCUT2D eigenvalue weighted by Gasteiger charge is -2.32. The fourth-order valence-electron chi connectivity index (χ4n) is 3.54. The van der Waals surface area contributed by atoms with Gasteiger partial charge in [-0.05, 0) is 37.0 Å². The summed E-state index contributed by atoms with van der Waals surface area (Å²) < 4.78 is 5.76. The number of aromatic nitrogens is 2. The van der Waals surface area contributed by atoms with Crippen LogP contribution in [0.5, 0.6) is 0 Å². The molecule has 7 nitrogen and oxygen atoms in total. The third kappa shape index (κ3) is 2.75. The molecule has 134 valence electrons. The molecular formula is C19H19N3O4. The molecule has 0 radical (unpaired) electrons. The Morgan fingerprint density at radius 2 is 2.35 bits per heavy atom. The van der Waals surface area contributed by atoms with Gasteiger partial charge in [0, 0.05) is 36.4 Å². The number of nitrogens with one attached hydrogen (secondary N) is 1. The summed E-state index contributed by atoms with van der Waals surface area (Å²) in [6, 6.07) is 3.68. The Morgan fingerprint density at radius 1 is 1.50 bits per heavy atom. The van der Waals surface area contributed by atoms with Crippen LogP contribution in [0.15, 0.2) is 41.7 Å².